The molecule has 0 spiro atoms. The summed E-state index contributed by atoms with van der Waals surface area (Å²) in [6, 6.07) is 12.4. The van der Waals surface area contributed by atoms with Gasteiger partial charge in [-0.2, -0.15) is 51.3 Å². The highest BCUT2D eigenvalue weighted by atomic mass is 32.2. The van der Waals surface area contributed by atoms with Gasteiger partial charge in [0.2, 0.25) is 11.8 Å². The quantitative estimate of drug-likeness (QED) is 0.143. The molecule has 2 aromatic carbocycles. The highest BCUT2D eigenvalue weighted by Crippen LogP contribution is 2.23. The summed E-state index contributed by atoms with van der Waals surface area (Å²) in [6.07, 6.45) is -11.3. The van der Waals surface area contributed by atoms with E-state index >= 15 is 0 Å². The van der Waals surface area contributed by atoms with Gasteiger partial charge in [-0.3, -0.25) is 14.5 Å². The first kappa shape index (κ1) is 52.1. The number of benzene rings is 2. The summed E-state index contributed by atoms with van der Waals surface area (Å²) in [5, 5.41) is 35.8. The minimum absolute atomic E-state index is 0.0216. The van der Waals surface area contributed by atoms with Crippen LogP contribution >= 0.6 is 11.8 Å². The van der Waals surface area contributed by atoms with Gasteiger partial charge in [0, 0.05) is 32.2 Å². The first-order valence-corrected chi connectivity index (χ1v) is 17.4. The Morgan fingerprint density at radius 3 is 1.81 bits per heavy atom. The van der Waals surface area contributed by atoms with E-state index in [0.29, 0.717) is 31.8 Å². The Labute approximate surface area is 322 Å². The maximum Gasteiger partial charge on any atom is 0.490 e. The summed E-state index contributed by atoms with van der Waals surface area (Å²) < 4.78 is 95.2. The van der Waals surface area contributed by atoms with Crippen molar-refractivity contribution in [1.82, 2.24) is 15.1 Å². The first-order valence-electron chi connectivity index (χ1n) is 16.0. The summed E-state index contributed by atoms with van der Waals surface area (Å²) in [5.41, 5.74) is 12.6. The van der Waals surface area contributed by atoms with Crippen molar-refractivity contribution in [2.24, 2.45) is 11.5 Å². The van der Waals surface area contributed by atoms with Gasteiger partial charge in [0.1, 0.15) is 6.04 Å². The molecule has 0 aromatic heterocycles. The number of carbonyl (C=O) groups excluding carboxylic acids is 2. The largest absolute Gasteiger partial charge is 0.490 e. The fourth-order valence-corrected chi connectivity index (χ4v) is 5.19. The fourth-order valence-electron chi connectivity index (χ4n) is 4.72. The second-order valence-corrected chi connectivity index (χ2v) is 12.6. The van der Waals surface area contributed by atoms with E-state index in [0.717, 1.165) is 29.2 Å². The molecule has 0 unspecified atom stereocenters. The molecule has 25 heteroatoms. The minimum atomic E-state index is -5.08. The second kappa shape index (κ2) is 24.0. The Bertz CT molecular complexity index is 1590. The van der Waals surface area contributed by atoms with E-state index in [1.807, 2.05) is 47.6 Å². The van der Waals surface area contributed by atoms with Crippen LogP contribution in [0.25, 0.3) is 10.8 Å². The third kappa shape index (κ3) is 20.2. The minimum Gasteiger partial charge on any atom is -0.480 e. The lowest BCUT2D eigenvalue weighted by Gasteiger charge is -2.32. The average molecular weight is 858 g/mol. The number of hydrogen-bond acceptors (Lipinski definition) is 10. The first-order chi connectivity index (χ1) is 26.2. The summed E-state index contributed by atoms with van der Waals surface area (Å²) in [7, 11) is 0. The van der Waals surface area contributed by atoms with E-state index in [9.17, 15) is 59.0 Å². The molecular formula is C32H40F9N5O10S. The molecule has 3 atom stereocenters. The topological polar surface area (TPSA) is 254 Å². The molecule has 0 bridgehead atoms. The molecule has 3 rings (SSSR count). The van der Waals surface area contributed by atoms with Crippen LogP contribution in [0.1, 0.15) is 24.8 Å². The van der Waals surface area contributed by atoms with Gasteiger partial charge in [0.05, 0.1) is 12.6 Å². The molecule has 2 aromatic rings. The molecule has 1 aliphatic rings. The zero-order valence-corrected chi connectivity index (χ0v) is 30.6. The highest BCUT2D eigenvalue weighted by Gasteiger charge is 2.39. The van der Waals surface area contributed by atoms with Crippen molar-refractivity contribution in [3.05, 3.63) is 48.0 Å². The Morgan fingerprint density at radius 1 is 0.860 bits per heavy atom. The molecular weight excluding hydrogens is 817 g/mol. The maximum absolute atomic E-state index is 13.0. The second-order valence-electron chi connectivity index (χ2n) is 11.6. The number of carboxylic acids is 4. The van der Waals surface area contributed by atoms with Gasteiger partial charge in [0.15, 0.2) is 0 Å². The van der Waals surface area contributed by atoms with E-state index < -0.39 is 54.5 Å². The number of hydrogen-bond donors (Lipinski definition) is 7. The van der Waals surface area contributed by atoms with Crippen LogP contribution in [0.15, 0.2) is 42.5 Å². The summed E-state index contributed by atoms with van der Waals surface area (Å²) in [4.78, 5) is 67.9. The van der Waals surface area contributed by atoms with Crippen molar-refractivity contribution in [3.8, 4) is 0 Å². The predicted molar refractivity (Wildman–Crippen MR) is 185 cm³/mol. The Kier molecular flexibility index (Phi) is 22.0. The molecule has 1 heterocycles. The van der Waals surface area contributed by atoms with Gasteiger partial charge in [-0.05, 0) is 47.6 Å². The zero-order valence-electron chi connectivity index (χ0n) is 29.7. The number of carboxylic acid groups (broad SMARTS) is 4. The number of aliphatic carboxylic acids is 4. The van der Waals surface area contributed by atoms with Crippen molar-refractivity contribution in [3.63, 3.8) is 0 Å². The number of likely N-dealkylation sites (tertiary alicyclic amines) is 1. The number of nitrogens with zero attached hydrogens (tertiary/aromatic N) is 2. The number of thioether (sulfide) groups is 1. The lowest BCUT2D eigenvalue weighted by molar-refractivity contribution is -0.193. The molecule has 0 radical (unpaired) electrons. The third-order valence-electron chi connectivity index (χ3n) is 7.31. The molecule has 1 aliphatic heterocycles. The number of halogens is 9. The molecule has 9 N–H and O–H groups in total. The molecule has 0 saturated carbocycles. The molecule has 57 heavy (non-hydrogen) atoms. The normalized spacial score (nSPS) is 15.1. The molecule has 1 fully saturated rings. The fraction of sp³-hybridized carbons (Fsp3) is 0.500. The van der Waals surface area contributed by atoms with Crippen molar-refractivity contribution in [2.75, 3.05) is 38.2 Å². The van der Waals surface area contributed by atoms with Crippen molar-refractivity contribution < 1.29 is 88.7 Å². The lowest BCUT2D eigenvalue weighted by Crippen LogP contribution is -2.53. The summed E-state index contributed by atoms with van der Waals surface area (Å²) in [6.45, 7) is 1.67. The Morgan fingerprint density at radius 2 is 1.35 bits per heavy atom. The van der Waals surface area contributed by atoms with E-state index in [-0.39, 0.29) is 30.9 Å². The lowest BCUT2D eigenvalue weighted by atomic mass is 10.0. The van der Waals surface area contributed by atoms with Crippen LogP contribution in [-0.2, 0) is 35.3 Å². The van der Waals surface area contributed by atoms with Gasteiger partial charge >= 0.3 is 42.4 Å². The van der Waals surface area contributed by atoms with Crippen molar-refractivity contribution in [2.45, 2.75) is 62.5 Å². The van der Waals surface area contributed by atoms with E-state index in [2.05, 4.69) is 11.4 Å². The molecule has 2 amide bonds. The van der Waals surface area contributed by atoms with Crippen molar-refractivity contribution >= 4 is 58.2 Å². The van der Waals surface area contributed by atoms with Gasteiger partial charge in [0.25, 0.3) is 0 Å². The number of carbonyl (C=O) groups is 6. The van der Waals surface area contributed by atoms with E-state index in [4.69, 9.17) is 41.2 Å². The number of nitrogens with one attached hydrogen (secondary N) is 1. The number of alkyl halides is 9. The molecule has 0 aliphatic carbocycles. The van der Waals surface area contributed by atoms with Gasteiger partial charge in [-0.25, -0.2) is 19.2 Å². The SMILES string of the molecule is CSCC[C@H](NC(=O)CN(Cc1cccc2ccccc12)C[C@@H]1CCCN1C(=O)[C@@H](N)CN)C(=O)O.O=C(O)C(F)(F)F.O=C(O)C(F)(F)F.O=C(O)C(F)(F)F. The van der Waals surface area contributed by atoms with Crippen LogP contribution in [0.5, 0.6) is 0 Å². The Balaban J connectivity index is 0.00000121. The van der Waals surface area contributed by atoms with Crippen LogP contribution in [0, 0.1) is 0 Å². The number of amides is 2. The number of rotatable bonds is 13. The summed E-state index contributed by atoms with van der Waals surface area (Å²) >= 11 is 1.54. The van der Waals surface area contributed by atoms with Crippen molar-refractivity contribution in [1.29, 1.82) is 0 Å². The van der Waals surface area contributed by atoms with Crippen LogP contribution in [0.3, 0.4) is 0 Å². The van der Waals surface area contributed by atoms with Gasteiger partial charge in [-0.15, -0.1) is 0 Å². The van der Waals surface area contributed by atoms with Gasteiger partial charge < -0.3 is 42.1 Å². The monoisotopic (exact) mass is 857 g/mol. The zero-order chi connectivity index (χ0) is 44.3. The molecule has 322 valence electrons. The third-order valence-corrected chi connectivity index (χ3v) is 7.96. The van der Waals surface area contributed by atoms with E-state index in [1.54, 1.807) is 4.90 Å². The molecule has 1 saturated heterocycles. The van der Waals surface area contributed by atoms with Crippen LogP contribution in [-0.4, -0.2) is 141 Å². The van der Waals surface area contributed by atoms with Crippen LogP contribution in [0.2, 0.25) is 0 Å². The highest BCUT2D eigenvalue weighted by molar-refractivity contribution is 7.98. The van der Waals surface area contributed by atoms with E-state index in [1.165, 1.54) is 11.8 Å². The standard InChI is InChI=1S/C26H37N5O4S.3C2HF3O2/c1-36-13-11-23(26(34)35)29-24(32)17-30(15-19-8-4-7-18-6-2-3-10-21(18)19)16-20-9-5-12-31(20)25(33)22(28)14-27;3*3-2(4,5)1(6)7/h2-4,6-8,10,20,22-23H,5,9,11-17,27-28H2,1H3,(H,29,32)(H,34,35);3*(H,6,7)/t20-,22-,23-;;;/m0.../s1. The number of fused-ring (bicyclic) bond motifs is 1. The molecule has 15 nitrogen and oxygen atoms in total. The van der Waals surface area contributed by atoms with Crippen LogP contribution in [0.4, 0.5) is 39.5 Å². The van der Waals surface area contributed by atoms with Gasteiger partial charge in [-0.1, -0.05) is 42.5 Å². The number of nitrogens with two attached hydrogens (primary N) is 2. The maximum atomic E-state index is 13.0. The summed E-state index contributed by atoms with van der Waals surface area (Å²) in [5.74, 6) is -9.19. The predicted octanol–water partition coefficient (Wildman–Crippen LogP) is 3.14. The average Bonchev–Trinajstić information content (AvgIpc) is 3.56. The Hall–Kier alpha value is -4.88. The smallest absolute Gasteiger partial charge is 0.480 e. The van der Waals surface area contributed by atoms with Crippen LogP contribution < -0.4 is 16.8 Å².